The maximum atomic E-state index is 13.4. The van der Waals surface area contributed by atoms with Gasteiger partial charge in [0.2, 0.25) is 5.91 Å². The van der Waals surface area contributed by atoms with Gasteiger partial charge in [-0.2, -0.15) is 0 Å². The van der Waals surface area contributed by atoms with Crippen molar-refractivity contribution < 1.29 is 37.3 Å². The van der Waals surface area contributed by atoms with Gasteiger partial charge in [-0.1, -0.05) is 229 Å². The van der Waals surface area contributed by atoms with Crippen molar-refractivity contribution in [3.8, 4) is 0 Å². The number of allylic oxidation sites excluding steroid dienone is 11. The molecule has 0 spiro atoms. The van der Waals surface area contributed by atoms with E-state index in [4.69, 9.17) is 13.8 Å². The smallest absolute Gasteiger partial charge is 0.306 e. The van der Waals surface area contributed by atoms with Gasteiger partial charge in [-0.05, 0) is 63.9 Å². The minimum absolute atomic E-state index is 0.0368. The second-order valence-corrected chi connectivity index (χ2v) is 21.1. The zero-order valence-corrected chi connectivity index (χ0v) is 45.7. The fourth-order valence-electron chi connectivity index (χ4n) is 7.63. The fourth-order valence-corrected chi connectivity index (χ4v) is 8.35. The number of hydrogen-bond acceptors (Lipinski definition) is 7. The lowest BCUT2D eigenvalue weighted by molar-refractivity contribution is -0.870. The Labute approximate surface area is 419 Å². The topological polar surface area (TPSA) is 114 Å². The van der Waals surface area contributed by atoms with Crippen LogP contribution in [-0.2, 0) is 27.9 Å². The number of phosphoric ester groups is 1. The molecule has 9 nitrogen and oxygen atoms in total. The van der Waals surface area contributed by atoms with Crippen molar-refractivity contribution in [2.24, 2.45) is 0 Å². The van der Waals surface area contributed by atoms with E-state index in [1.165, 1.54) is 122 Å². The molecule has 0 radical (unpaired) electrons. The average molecular weight is 973 g/mol. The number of carbonyl (C=O) groups excluding carboxylic acids is 2. The number of esters is 1. The van der Waals surface area contributed by atoms with Crippen LogP contribution in [0.4, 0.5) is 0 Å². The summed E-state index contributed by atoms with van der Waals surface area (Å²) < 4.78 is 30.1. The van der Waals surface area contributed by atoms with Gasteiger partial charge in [0.1, 0.15) is 19.3 Å². The number of phosphoric acid groups is 1. The summed E-state index contributed by atoms with van der Waals surface area (Å²) in [5.74, 6) is -0.637. The van der Waals surface area contributed by atoms with Crippen molar-refractivity contribution in [1.82, 2.24) is 5.32 Å². The first kappa shape index (κ1) is 65.5. The minimum Gasteiger partial charge on any atom is -0.756 e. The number of rotatable bonds is 49. The van der Waals surface area contributed by atoms with Crippen LogP contribution >= 0.6 is 7.82 Å². The van der Waals surface area contributed by atoms with Gasteiger partial charge in [-0.15, -0.1) is 0 Å². The van der Waals surface area contributed by atoms with Gasteiger partial charge in [-0.25, -0.2) is 0 Å². The summed E-state index contributed by atoms with van der Waals surface area (Å²) in [6, 6.07) is -0.927. The zero-order chi connectivity index (χ0) is 50.1. The summed E-state index contributed by atoms with van der Waals surface area (Å²) >= 11 is 0. The summed E-state index contributed by atoms with van der Waals surface area (Å²) in [6.07, 6.45) is 60.2. The molecule has 394 valence electrons. The standard InChI is InChI=1S/C58H105N2O7P/c1-7-10-13-16-19-22-25-28-30-31-32-35-38-41-44-47-50-57(61)59-55(54-66-68(63,64)65-53-52-60(4,5)6)56(49-46-43-40-37-34-27-24-21-18-15-12-9-3)67-58(62)51-48-45-42-39-36-33-29-26-23-20-17-14-11-8-2/h10,13,19,22,28,30,32,35,41,44,46,49,55-56H,7-9,11-12,14-18,20-21,23-27,29,31,33-34,36-40,42-43,45,47-48,50-54H2,1-6H3,(H-,59,61,63,64)/b13-10+,22-19+,30-28+,35-32+,44-41+,49-46+. The Morgan fingerprint density at radius 2 is 0.956 bits per heavy atom. The minimum atomic E-state index is -4.71. The second kappa shape index (κ2) is 48.1. The first-order valence-corrected chi connectivity index (χ1v) is 29.2. The molecule has 0 rings (SSSR count). The molecule has 68 heavy (non-hydrogen) atoms. The van der Waals surface area contributed by atoms with Gasteiger partial charge in [0.05, 0.1) is 33.8 Å². The van der Waals surface area contributed by atoms with Crippen LogP contribution in [-0.4, -0.2) is 69.4 Å². The van der Waals surface area contributed by atoms with Gasteiger partial charge in [0.15, 0.2) is 0 Å². The predicted octanol–water partition coefficient (Wildman–Crippen LogP) is 15.9. The fraction of sp³-hybridized carbons (Fsp3) is 0.759. The lowest BCUT2D eigenvalue weighted by atomic mass is 10.0. The van der Waals surface area contributed by atoms with E-state index in [0.29, 0.717) is 17.4 Å². The van der Waals surface area contributed by atoms with E-state index in [-0.39, 0.29) is 31.3 Å². The van der Waals surface area contributed by atoms with E-state index < -0.39 is 26.6 Å². The maximum absolute atomic E-state index is 13.4. The summed E-state index contributed by atoms with van der Waals surface area (Å²) in [5.41, 5.74) is 0. The molecule has 0 saturated carbocycles. The highest BCUT2D eigenvalue weighted by molar-refractivity contribution is 7.45. The lowest BCUT2D eigenvalue weighted by Crippen LogP contribution is -2.47. The monoisotopic (exact) mass is 973 g/mol. The Bertz CT molecular complexity index is 1400. The van der Waals surface area contributed by atoms with Crippen LogP contribution in [0.1, 0.15) is 233 Å². The Balaban J connectivity index is 5.49. The number of ether oxygens (including phenoxy) is 1. The van der Waals surface area contributed by atoms with Crippen molar-refractivity contribution in [2.45, 2.75) is 245 Å². The molecule has 0 aliphatic rings. The molecule has 1 amide bonds. The number of nitrogens with zero attached hydrogens (tertiary/aromatic N) is 1. The molecule has 0 fully saturated rings. The van der Waals surface area contributed by atoms with Crippen molar-refractivity contribution in [2.75, 3.05) is 40.9 Å². The van der Waals surface area contributed by atoms with E-state index >= 15 is 0 Å². The highest BCUT2D eigenvalue weighted by Gasteiger charge is 2.27. The van der Waals surface area contributed by atoms with Crippen LogP contribution in [0, 0.1) is 0 Å². The molecule has 0 aliphatic carbocycles. The SMILES string of the molecule is CC/C=C/C/C=C/C/C=C/C/C=C/C/C=C/CCC(=O)NC(COP(=O)([O-])OCC[N+](C)(C)C)C(/C=C/CCCCCCCCCCCC)OC(=O)CCCCCCCCCCCCCCCC. The van der Waals surface area contributed by atoms with Crippen LogP contribution in [0.25, 0.3) is 0 Å². The molecule has 0 aliphatic heterocycles. The Morgan fingerprint density at radius 3 is 1.41 bits per heavy atom. The molecule has 0 saturated heterocycles. The third-order valence-corrected chi connectivity index (χ3v) is 12.9. The summed E-state index contributed by atoms with van der Waals surface area (Å²) in [5, 5.41) is 2.97. The number of likely N-dealkylation sites (N-methyl/N-ethyl adjacent to an activating group) is 1. The van der Waals surface area contributed by atoms with Crippen molar-refractivity contribution >= 4 is 19.7 Å². The normalized spacial score (nSPS) is 14.4. The van der Waals surface area contributed by atoms with Crippen molar-refractivity contribution in [3.05, 3.63) is 72.9 Å². The molecule has 0 aromatic heterocycles. The highest BCUT2D eigenvalue weighted by atomic mass is 31.2. The number of hydrogen-bond donors (Lipinski definition) is 1. The molecule has 3 unspecified atom stereocenters. The molecule has 0 heterocycles. The first-order valence-electron chi connectivity index (χ1n) is 27.7. The molecule has 0 aromatic carbocycles. The van der Waals surface area contributed by atoms with Gasteiger partial charge in [-0.3, -0.25) is 14.2 Å². The molecule has 0 bridgehead atoms. The van der Waals surface area contributed by atoms with Crippen molar-refractivity contribution in [1.29, 1.82) is 0 Å². The number of unbranched alkanes of at least 4 members (excludes halogenated alkanes) is 23. The Morgan fingerprint density at radius 1 is 0.529 bits per heavy atom. The first-order chi connectivity index (χ1) is 32.9. The number of nitrogens with one attached hydrogen (secondary N) is 1. The molecule has 10 heteroatoms. The van der Waals surface area contributed by atoms with Crippen LogP contribution in [0.3, 0.4) is 0 Å². The Kier molecular flexibility index (Phi) is 46.3. The van der Waals surface area contributed by atoms with E-state index in [2.05, 4.69) is 74.7 Å². The van der Waals surface area contributed by atoms with Crippen molar-refractivity contribution in [3.63, 3.8) is 0 Å². The average Bonchev–Trinajstić information content (AvgIpc) is 3.29. The lowest BCUT2D eigenvalue weighted by Gasteiger charge is -2.30. The van der Waals surface area contributed by atoms with Gasteiger partial charge >= 0.3 is 5.97 Å². The third kappa shape index (κ3) is 48.5. The maximum Gasteiger partial charge on any atom is 0.306 e. The van der Waals surface area contributed by atoms with Gasteiger partial charge < -0.3 is 28.5 Å². The Hall–Kier alpha value is -2.55. The quantitative estimate of drug-likeness (QED) is 0.0212. The molecular weight excluding hydrogens is 868 g/mol. The van der Waals surface area contributed by atoms with Crippen LogP contribution in [0.15, 0.2) is 72.9 Å². The summed E-state index contributed by atoms with van der Waals surface area (Å²) in [7, 11) is 1.14. The van der Waals surface area contributed by atoms with E-state index in [0.717, 1.165) is 70.6 Å². The van der Waals surface area contributed by atoms with E-state index in [1.807, 2.05) is 45.4 Å². The number of quaternary nitrogens is 1. The van der Waals surface area contributed by atoms with E-state index in [1.54, 1.807) is 0 Å². The zero-order valence-electron chi connectivity index (χ0n) is 44.8. The predicted molar refractivity (Wildman–Crippen MR) is 288 cm³/mol. The molecular formula is C58H105N2O7P. The van der Waals surface area contributed by atoms with Crippen LogP contribution in [0.2, 0.25) is 0 Å². The molecule has 3 atom stereocenters. The summed E-state index contributed by atoms with van der Waals surface area (Å²) in [6.45, 7) is 6.66. The number of amides is 1. The third-order valence-electron chi connectivity index (χ3n) is 11.9. The number of carbonyl (C=O) groups is 2. The highest BCUT2D eigenvalue weighted by Crippen LogP contribution is 2.38. The largest absolute Gasteiger partial charge is 0.756 e. The summed E-state index contributed by atoms with van der Waals surface area (Å²) in [4.78, 5) is 39.7. The van der Waals surface area contributed by atoms with Crippen LogP contribution < -0.4 is 10.2 Å². The van der Waals surface area contributed by atoms with Gasteiger partial charge in [0.25, 0.3) is 7.82 Å². The van der Waals surface area contributed by atoms with E-state index in [9.17, 15) is 19.0 Å². The van der Waals surface area contributed by atoms with Gasteiger partial charge in [0, 0.05) is 12.8 Å². The van der Waals surface area contributed by atoms with Crippen LogP contribution in [0.5, 0.6) is 0 Å². The molecule has 0 aromatic rings. The second-order valence-electron chi connectivity index (χ2n) is 19.7. The molecule has 1 N–H and O–H groups in total.